The summed E-state index contributed by atoms with van der Waals surface area (Å²) in [6.45, 7) is 7.08. The first-order valence-corrected chi connectivity index (χ1v) is 11.5. The molecule has 7 heteroatoms. The van der Waals surface area contributed by atoms with Crippen molar-refractivity contribution in [2.45, 2.75) is 77.2 Å². The van der Waals surface area contributed by atoms with Crippen LogP contribution in [-0.4, -0.2) is 47.3 Å². The van der Waals surface area contributed by atoms with Gasteiger partial charge in [0, 0.05) is 29.1 Å². The van der Waals surface area contributed by atoms with Crippen molar-refractivity contribution >= 4 is 17.7 Å². The number of ketones is 1. The molecule has 0 aromatic rings. The number of esters is 2. The maximum Gasteiger partial charge on any atom is 0.351 e. The van der Waals surface area contributed by atoms with Gasteiger partial charge in [-0.25, -0.2) is 9.18 Å². The standard InChI is InChI=1S/C25H33FO6/c1-6-20(29)32-25(21(30)31-5)14(2)11-18-17-8-7-15-12-16(27)9-10-22(15,3)24(17,26)19(28)13-23(18,25)4/h9-10,12,14,17-19,28H,6-8,11,13H2,1-5H3/t14-,17?,18?,19-,22?,23?,24?,25-/m0/s1. The number of halogens is 1. The molecule has 3 saturated carbocycles. The Morgan fingerprint density at radius 1 is 1.28 bits per heavy atom. The fourth-order valence-electron chi connectivity index (χ4n) is 7.63. The summed E-state index contributed by atoms with van der Waals surface area (Å²) in [7, 11) is 1.26. The van der Waals surface area contributed by atoms with Gasteiger partial charge in [-0.15, -0.1) is 0 Å². The Kier molecular flexibility index (Phi) is 5.24. The van der Waals surface area contributed by atoms with Gasteiger partial charge >= 0.3 is 11.9 Å². The van der Waals surface area contributed by atoms with Crippen molar-refractivity contribution in [1.29, 1.82) is 0 Å². The number of hydrogen-bond donors (Lipinski definition) is 1. The van der Waals surface area contributed by atoms with Crippen molar-refractivity contribution < 1.29 is 33.4 Å². The van der Waals surface area contributed by atoms with E-state index in [1.807, 2.05) is 13.8 Å². The molecule has 1 N–H and O–H groups in total. The second-order valence-electron chi connectivity index (χ2n) is 10.5. The molecule has 0 radical (unpaired) electrons. The molecule has 5 unspecified atom stereocenters. The number of methoxy groups -OCH3 is 1. The third-order valence-corrected chi connectivity index (χ3v) is 9.23. The average molecular weight is 449 g/mol. The third-order valence-electron chi connectivity index (χ3n) is 9.23. The molecule has 0 saturated heterocycles. The summed E-state index contributed by atoms with van der Waals surface area (Å²) in [6.07, 6.45) is 4.58. The molecule has 0 aliphatic heterocycles. The summed E-state index contributed by atoms with van der Waals surface area (Å²) in [5.74, 6) is -2.61. The van der Waals surface area contributed by atoms with Crippen LogP contribution >= 0.6 is 0 Å². The molecule has 32 heavy (non-hydrogen) atoms. The van der Waals surface area contributed by atoms with Crippen LogP contribution in [-0.2, 0) is 23.9 Å². The van der Waals surface area contributed by atoms with Crippen LogP contribution in [0.1, 0.15) is 59.8 Å². The maximum atomic E-state index is 17.2. The molecule has 0 heterocycles. The molecule has 0 amide bonds. The topological polar surface area (TPSA) is 89.9 Å². The number of alkyl halides is 1. The first-order valence-electron chi connectivity index (χ1n) is 11.5. The smallest absolute Gasteiger partial charge is 0.351 e. The van der Waals surface area contributed by atoms with Crippen molar-refractivity contribution in [3.8, 4) is 0 Å². The zero-order valence-electron chi connectivity index (χ0n) is 19.4. The highest BCUT2D eigenvalue weighted by Gasteiger charge is 2.77. The van der Waals surface area contributed by atoms with Gasteiger partial charge in [-0.3, -0.25) is 9.59 Å². The Labute approximate surface area is 188 Å². The van der Waals surface area contributed by atoms with Gasteiger partial charge < -0.3 is 14.6 Å². The van der Waals surface area contributed by atoms with Crippen molar-refractivity contribution in [2.75, 3.05) is 7.11 Å². The maximum absolute atomic E-state index is 17.2. The normalized spacial score (nSPS) is 47.1. The van der Waals surface area contributed by atoms with Gasteiger partial charge in [0.05, 0.1) is 13.2 Å². The largest absolute Gasteiger partial charge is 0.466 e. The molecule has 0 aromatic carbocycles. The van der Waals surface area contributed by atoms with Gasteiger partial charge in [-0.1, -0.05) is 32.4 Å². The minimum Gasteiger partial charge on any atom is -0.466 e. The SMILES string of the molecule is CCC(=O)O[C@]1(C(=O)OC)[C@@H](C)CC2C3CCC4=CC(=O)C=CC4(C)C3(F)[C@@H](O)CC21C. The van der Waals surface area contributed by atoms with Crippen LogP contribution in [0.5, 0.6) is 0 Å². The average Bonchev–Trinajstić information content (AvgIpc) is 2.96. The van der Waals surface area contributed by atoms with E-state index in [1.54, 1.807) is 19.9 Å². The van der Waals surface area contributed by atoms with E-state index < -0.39 is 52.0 Å². The fourth-order valence-corrected chi connectivity index (χ4v) is 7.63. The number of carbonyl (C=O) groups is 3. The molecule has 4 rings (SSSR count). The van der Waals surface area contributed by atoms with E-state index in [0.29, 0.717) is 24.8 Å². The van der Waals surface area contributed by atoms with Gasteiger partial charge in [0.25, 0.3) is 0 Å². The van der Waals surface area contributed by atoms with Crippen LogP contribution < -0.4 is 0 Å². The van der Waals surface area contributed by atoms with Gasteiger partial charge in [0.15, 0.2) is 11.5 Å². The number of fused-ring (bicyclic) bond motifs is 5. The highest BCUT2D eigenvalue weighted by molar-refractivity contribution is 6.01. The molecule has 0 bridgehead atoms. The molecule has 0 aromatic heterocycles. The summed E-state index contributed by atoms with van der Waals surface area (Å²) in [4.78, 5) is 37.6. The highest BCUT2D eigenvalue weighted by Crippen LogP contribution is 2.71. The molecule has 8 atom stereocenters. The zero-order valence-corrected chi connectivity index (χ0v) is 19.4. The van der Waals surface area contributed by atoms with Crippen molar-refractivity contribution in [2.24, 2.45) is 28.6 Å². The summed E-state index contributed by atoms with van der Waals surface area (Å²) in [5, 5.41) is 11.4. The van der Waals surface area contributed by atoms with E-state index in [9.17, 15) is 19.5 Å². The second-order valence-corrected chi connectivity index (χ2v) is 10.5. The van der Waals surface area contributed by atoms with Gasteiger partial charge in [0.1, 0.15) is 0 Å². The molecular formula is C25H33FO6. The van der Waals surface area contributed by atoms with E-state index in [0.717, 1.165) is 0 Å². The van der Waals surface area contributed by atoms with E-state index in [4.69, 9.17) is 9.47 Å². The minimum atomic E-state index is -2.00. The third kappa shape index (κ3) is 2.57. The van der Waals surface area contributed by atoms with Crippen molar-refractivity contribution in [1.82, 2.24) is 0 Å². The van der Waals surface area contributed by atoms with Crippen molar-refractivity contribution in [3.63, 3.8) is 0 Å². The lowest BCUT2D eigenvalue weighted by atomic mass is 9.44. The van der Waals surface area contributed by atoms with Crippen LogP contribution in [0.3, 0.4) is 0 Å². The first-order chi connectivity index (χ1) is 14.9. The van der Waals surface area contributed by atoms with Crippen LogP contribution in [0.25, 0.3) is 0 Å². The van der Waals surface area contributed by atoms with E-state index in [1.165, 1.54) is 19.3 Å². The monoisotopic (exact) mass is 448 g/mol. The summed E-state index contributed by atoms with van der Waals surface area (Å²) in [5.41, 5.74) is -4.98. The number of allylic oxidation sites excluding steroid dienone is 4. The Morgan fingerprint density at radius 3 is 2.59 bits per heavy atom. The van der Waals surface area contributed by atoms with Crippen LogP contribution in [0.4, 0.5) is 4.39 Å². The second kappa shape index (κ2) is 7.24. The lowest BCUT2D eigenvalue weighted by Gasteiger charge is -2.62. The number of ether oxygens (including phenoxy) is 2. The van der Waals surface area contributed by atoms with E-state index >= 15 is 4.39 Å². The summed E-state index contributed by atoms with van der Waals surface area (Å²) in [6, 6.07) is 0. The quantitative estimate of drug-likeness (QED) is 0.665. The van der Waals surface area contributed by atoms with Crippen LogP contribution in [0, 0.1) is 28.6 Å². The minimum absolute atomic E-state index is 0.0498. The number of aliphatic hydroxyl groups excluding tert-OH is 1. The summed E-state index contributed by atoms with van der Waals surface area (Å²) < 4.78 is 28.2. The Morgan fingerprint density at radius 2 is 1.97 bits per heavy atom. The number of aliphatic hydroxyl groups is 1. The fraction of sp³-hybridized carbons (Fsp3) is 0.720. The van der Waals surface area contributed by atoms with Gasteiger partial charge in [0.2, 0.25) is 5.60 Å². The Bertz CT molecular complexity index is 925. The molecular weight excluding hydrogens is 415 g/mol. The first kappa shape index (κ1) is 23.1. The Balaban J connectivity index is 1.85. The molecule has 0 spiro atoms. The van der Waals surface area contributed by atoms with Crippen molar-refractivity contribution in [3.05, 3.63) is 23.8 Å². The molecule has 6 nitrogen and oxygen atoms in total. The molecule has 4 aliphatic carbocycles. The predicted molar refractivity (Wildman–Crippen MR) is 114 cm³/mol. The summed E-state index contributed by atoms with van der Waals surface area (Å²) >= 11 is 0. The highest BCUT2D eigenvalue weighted by atomic mass is 19.1. The molecule has 176 valence electrons. The van der Waals surface area contributed by atoms with Gasteiger partial charge in [-0.2, -0.15) is 0 Å². The number of rotatable bonds is 3. The number of carbonyl (C=O) groups excluding carboxylic acids is 3. The predicted octanol–water partition coefficient (Wildman–Crippen LogP) is 3.47. The lowest BCUT2D eigenvalue weighted by molar-refractivity contribution is -0.235. The van der Waals surface area contributed by atoms with Gasteiger partial charge in [-0.05, 0) is 50.7 Å². The van der Waals surface area contributed by atoms with Crippen LogP contribution in [0.2, 0.25) is 0 Å². The lowest BCUT2D eigenvalue weighted by Crippen LogP contribution is -2.70. The van der Waals surface area contributed by atoms with Crippen LogP contribution in [0.15, 0.2) is 23.8 Å². The van der Waals surface area contributed by atoms with E-state index in [2.05, 4.69) is 0 Å². The van der Waals surface area contributed by atoms with E-state index in [-0.39, 0.29) is 24.5 Å². The molecule has 4 aliphatic rings. The molecule has 3 fully saturated rings. The Hall–Kier alpha value is -2.02. The zero-order chi connectivity index (χ0) is 23.7. The number of hydrogen-bond acceptors (Lipinski definition) is 6.